The predicted molar refractivity (Wildman–Crippen MR) is 82.0 cm³/mol. The number of hydrogen-bond acceptors (Lipinski definition) is 3. The average Bonchev–Trinajstić information content (AvgIpc) is 2.43. The van der Waals surface area contributed by atoms with E-state index in [1.165, 1.54) is 6.42 Å². The van der Waals surface area contributed by atoms with Crippen LogP contribution in [0.3, 0.4) is 0 Å². The summed E-state index contributed by atoms with van der Waals surface area (Å²) < 4.78 is 5.95. The summed E-state index contributed by atoms with van der Waals surface area (Å²) in [5, 5.41) is 9.87. The number of carboxylic acids is 1. The average molecular weight is 310 g/mol. The molecule has 0 amide bonds. The Bertz CT molecular complexity index is 530. The molecule has 1 spiro atoms. The van der Waals surface area contributed by atoms with E-state index in [2.05, 4.69) is 0 Å². The number of rotatable bonds is 4. The SMILES string of the molecule is O=C(O)CN(c1cccc(Cl)c1)C1CCOC2(CCC2)C1. The molecule has 4 nitrogen and oxygen atoms in total. The minimum absolute atomic E-state index is 0.00108. The topological polar surface area (TPSA) is 49.8 Å². The van der Waals surface area contributed by atoms with Gasteiger partial charge in [-0.25, -0.2) is 0 Å². The van der Waals surface area contributed by atoms with Gasteiger partial charge in [0.15, 0.2) is 0 Å². The van der Waals surface area contributed by atoms with Gasteiger partial charge in [0.2, 0.25) is 0 Å². The van der Waals surface area contributed by atoms with Gasteiger partial charge in [-0.2, -0.15) is 0 Å². The molecule has 21 heavy (non-hydrogen) atoms. The molecule has 0 aromatic heterocycles. The molecule has 1 aliphatic heterocycles. The van der Waals surface area contributed by atoms with Gasteiger partial charge in [0, 0.05) is 23.4 Å². The molecule has 1 heterocycles. The van der Waals surface area contributed by atoms with Crippen molar-refractivity contribution in [2.24, 2.45) is 0 Å². The van der Waals surface area contributed by atoms with Gasteiger partial charge in [0.05, 0.1) is 5.60 Å². The van der Waals surface area contributed by atoms with Gasteiger partial charge in [-0.15, -0.1) is 0 Å². The van der Waals surface area contributed by atoms with E-state index in [-0.39, 0.29) is 18.2 Å². The molecule has 1 aromatic carbocycles. The molecule has 1 aliphatic carbocycles. The Hall–Kier alpha value is -1.26. The molecule has 5 heteroatoms. The summed E-state index contributed by atoms with van der Waals surface area (Å²) in [7, 11) is 0. The lowest BCUT2D eigenvalue weighted by Gasteiger charge is -2.49. The maximum absolute atomic E-state index is 11.2. The minimum atomic E-state index is -0.816. The van der Waals surface area contributed by atoms with E-state index in [0.717, 1.165) is 31.4 Å². The van der Waals surface area contributed by atoms with Crippen molar-refractivity contribution in [3.05, 3.63) is 29.3 Å². The number of ether oxygens (including phenoxy) is 1. The van der Waals surface area contributed by atoms with E-state index >= 15 is 0 Å². The van der Waals surface area contributed by atoms with Gasteiger partial charge >= 0.3 is 5.97 Å². The third-order valence-corrected chi connectivity index (χ3v) is 4.85. The number of halogens is 1. The van der Waals surface area contributed by atoms with Crippen molar-refractivity contribution in [3.63, 3.8) is 0 Å². The van der Waals surface area contributed by atoms with Crippen molar-refractivity contribution < 1.29 is 14.6 Å². The van der Waals surface area contributed by atoms with Crippen LogP contribution in [0.4, 0.5) is 5.69 Å². The van der Waals surface area contributed by atoms with Gasteiger partial charge in [-0.1, -0.05) is 17.7 Å². The Labute approximate surface area is 129 Å². The molecule has 0 bridgehead atoms. The van der Waals surface area contributed by atoms with Gasteiger partial charge in [0.25, 0.3) is 0 Å². The van der Waals surface area contributed by atoms with Crippen LogP contribution in [-0.4, -0.2) is 35.9 Å². The summed E-state index contributed by atoms with van der Waals surface area (Å²) in [4.78, 5) is 13.2. The first-order chi connectivity index (χ1) is 10.1. The zero-order valence-electron chi connectivity index (χ0n) is 11.9. The van der Waals surface area contributed by atoms with Crippen LogP contribution in [0.15, 0.2) is 24.3 Å². The predicted octanol–water partition coefficient (Wildman–Crippen LogP) is 3.33. The molecule has 1 atom stereocenters. The molecular formula is C16H20ClNO3. The van der Waals surface area contributed by atoms with E-state index in [1.807, 2.05) is 23.1 Å². The van der Waals surface area contributed by atoms with Crippen LogP contribution in [-0.2, 0) is 9.53 Å². The first-order valence-corrected chi connectivity index (χ1v) is 7.84. The summed E-state index contributed by atoms with van der Waals surface area (Å²) in [6.45, 7) is 0.711. The lowest BCUT2D eigenvalue weighted by atomic mass is 9.73. The monoisotopic (exact) mass is 309 g/mol. The number of hydrogen-bond donors (Lipinski definition) is 1. The fraction of sp³-hybridized carbons (Fsp3) is 0.562. The van der Waals surface area contributed by atoms with E-state index in [4.69, 9.17) is 16.3 Å². The van der Waals surface area contributed by atoms with Crippen LogP contribution in [0.2, 0.25) is 5.02 Å². The van der Waals surface area contributed by atoms with Crippen molar-refractivity contribution >= 4 is 23.3 Å². The third-order valence-electron chi connectivity index (χ3n) is 4.62. The molecule has 2 aliphatic rings. The van der Waals surface area contributed by atoms with Gasteiger partial charge < -0.3 is 14.7 Å². The Morgan fingerprint density at radius 2 is 2.29 bits per heavy atom. The fourth-order valence-corrected chi connectivity index (χ4v) is 3.60. The van der Waals surface area contributed by atoms with Crippen LogP contribution in [0.25, 0.3) is 0 Å². The zero-order valence-corrected chi connectivity index (χ0v) is 12.7. The van der Waals surface area contributed by atoms with Crippen LogP contribution < -0.4 is 4.90 Å². The molecule has 114 valence electrons. The van der Waals surface area contributed by atoms with E-state index in [9.17, 15) is 9.90 Å². The maximum Gasteiger partial charge on any atom is 0.323 e. The normalized spacial score (nSPS) is 23.6. The van der Waals surface area contributed by atoms with Crippen molar-refractivity contribution in [2.45, 2.75) is 43.7 Å². The molecule has 2 fully saturated rings. The van der Waals surface area contributed by atoms with Crippen molar-refractivity contribution in [1.82, 2.24) is 0 Å². The highest BCUT2D eigenvalue weighted by Crippen LogP contribution is 2.44. The Balaban J connectivity index is 1.83. The quantitative estimate of drug-likeness (QED) is 0.927. The highest BCUT2D eigenvalue weighted by molar-refractivity contribution is 6.30. The number of aliphatic carboxylic acids is 1. The van der Waals surface area contributed by atoms with Gasteiger partial charge in [-0.3, -0.25) is 4.79 Å². The summed E-state index contributed by atoms with van der Waals surface area (Å²) in [5.41, 5.74) is 0.879. The van der Waals surface area contributed by atoms with Crippen molar-refractivity contribution in [3.8, 4) is 0 Å². The van der Waals surface area contributed by atoms with E-state index in [1.54, 1.807) is 6.07 Å². The highest BCUT2D eigenvalue weighted by atomic mass is 35.5. The number of carboxylic acid groups (broad SMARTS) is 1. The number of anilines is 1. The Morgan fingerprint density at radius 1 is 1.48 bits per heavy atom. The second-order valence-corrected chi connectivity index (χ2v) is 6.47. The summed E-state index contributed by atoms with van der Waals surface area (Å²) in [5.74, 6) is -0.816. The molecule has 1 aromatic rings. The molecule has 1 saturated heterocycles. The first-order valence-electron chi connectivity index (χ1n) is 7.46. The number of nitrogens with zero attached hydrogens (tertiary/aromatic N) is 1. The smallest absolute Gasteiger partial charge is 0.323 e. The molecule has 1 unspecified atom stereocenters. The van der Waals surface area contributed by atoms with Crippen LogP contribution >= 0.6 is 11.6 Å². The molecule has 0 radical (unpaired) electrons. The summed E-state index contributed by atoms with van der Waals surface area (Å²) >= 11 is 6.06. The number of carbonyl (C=O) groups is 1. The largest absolute Gasteiger partial charge is 0.480 e. The zero-order chi connectivity index (χ0) is 14.9. The third kappa shape index (κ3) is 3.16. The molecule has 3 rings (SSSR count). The Kier molecular flexibility index (Phi) is 4.09. The van der Waals surface area contributed by atoms with Crippen LogP contribution in [0.1, 0.15) is 32.1 Å². The minimum Gasteiger partial charge on any atom is -0.480 e. The fourth-order valence-electron chi connectivity index (χ4n) is 3.42. The van der Waals surface area contributed by atoms with E-state index in [0.29, 0.717) is 11.6 Å². The summed E-state index contributed by atoms with van der Waals surface area (Å²) in [6, 6.07) is 7.64. The van der Waals surface area contributed by atoms with Crippen molar-refractivity contribution in [1.29, 1.82) is 0 Å². The van der Waals surface area contributed by atoms with Crippen LogP contribution in [0.5, 0.6) is 0 Å². The highest BCUT2D eigenvalue weighted by Gasteiger charge is 2.44. The molecule has 1 saturated carbocycles. The van der Waals surface area contributed by atoms with Gasteiger partial charge in [-0.05, 0) is 50.3 Å². The lowest BCUT2D eigenvalue weighted by molar-refractivity contribution is -0.139. The van der Waals surface area contributed by atoms with Crippen molar-refractivity contribution in [2.75, 3.05) is 18.1 Å². The lowest BCUT2D eigenvalue weighted by Crippen LogP contribution is -2.53. The standard InChI is InChI=1S/C16H20ClNO3/c17-12-3-1-4-13(9-12)18(11-15(19)20)14-5-8-21-16(10-14)6-2-7-16/h1,3-4,9,14H,2,5-8,10-11H2,(H,19,20). The van der Waals surface area contributed by atoms with E-state index < -0.39 is 5.97 Å². The molecular weight excluding hydrogens is 290 g/mol. The first kappa shape index (κ1) is 14.7. The Morgan fingerprint density at radius 3 is 2.90 bits per heavy atom. The number of benzene rings is 1. The summed E-state index contributed by atoms with van der Waals surface area (Å²) in [6.07, 6.45) is 5.18. The van der Waals surface area contributed by atoms with Crippen LogP contribution in [0, 0.1) is 0 Å². The molecule has 1 N–H and O–H groups in total. The second kappa shape index (κ2) is 5.85. The maximum atomic E-state index is 11.2. The second-order valence-electron chi connectivity index (χ2n) is 6.03. The van der Waals surface area contributed by atoms with Gasteiger partial charge in [0.1, 0.15) is 6.54 Å².